The summed E-state index contributed by atoms with van der Waals surface area (Å²) in [4.78, 5) is 25.7. The fraction of sp³-hybridized carbons (Fsp3) is 0.529. The average Bonchev–Trinajstić information content (AvgIpc) is 2.57. The maximum Gasteiger partial charge on any atom is 0.251 e. The fourth-order valence-electron chi connectivity index (χ4n) is 2.65. The lowest BCUT2D eigenvalue weighted by molar-refractivity contribution is -0.162. The molecule has 0 saturated carbocycles. The van der Waals surface area contributed by atoms with Crippen molar-refractivity contribution < 1.29 is 23.5 Å². The normalized spacial score (nSPS) is 21.0. The maximum absolute atomic E-state index is 14.2. The Morgan fingerprint density at radius 2 is 2.21 bits per heavy atom. The van der Waals surface area contributed by atoms with Crippen LogP contribution in [-0.4, -0.2) is 56.2 Å². The van der Waals surface area contributed by atoms with Crippen molar-refractivity contribution >= 4 is 11.8 Å². The number of hydrogen-bond acceptors (Lipinski definition) is 4. The summed E-state index contributed by atoms with van der Waals surface area (Å²) < 4.78 is 24.8. The van der Waals surface area contributed by atoms with Gasteiger partial charge in [-0.25, -0.2) is 4.39 Å². The highest BCUT2D eigenvalue weighted by molar-refractivity contribution is 5.86. The van der Waals surface area contributed by atoms with Crippen LogP contribution in [0.2, 0.25) is 0 Å². The lowest BCUT2D eigenvalue weighted by Crippen LogP contribution is -2.53. The minimum absolute atomic E-state index is 0.196. The van der Waals surface area contributed by atoms with Crippen LogP contribution in [0.3, 0.4) is 0 Å². The smallest absolute Gasteiger partial charge is 0.251 e. The molecule has 6 nitrogen and oxygen atoms in total. The van der Waals surface area contributed by atoms with Crippen LogP contribution >= 0.6 is 0 Å². The van der Waals surface area contributed by atoms with E-state index in [9.17, 15) is 14.0 Å². The number of morpholine rings is 1. The first-order chi connectivity index (χ1) is 11.6. The van der Waals surface area contributed by atoms with Crippen LogP contribution in [0.4, 0.5) is 4.39 Å². The number of amides is 2. The molecule has 2 amide bonds. The summed E-state index contributed by atoms with van der Waals surface area (Å²) in [6.45, 7) is 3.32. The van der Waals surface area contributed by atoms with Crippen LogP contribution in [0.5, 0.6) is 0 Å². The molecular formula is C17H23FN2O4. The number of nitrogens with zero attached hydrogens (tertiary/aromatic N) is 1. The molecule has 1 fully saturated rings. The minimum atomic E-state index is -0.948. The van der Waals surface area contributed by atoms with Gasteiger partial charge in [-0.2, -0.15) is 0 Å². The van der Waals surface area contributed by atoms with Crippen molar-refractivity contribution in [3.05, 3.63) is 35.6 Å². The third-order valence-corrected chi connectivity index (χ3v) is 3.93. The van der Waals surface area contributed by atoms with Crippen LogP contribution < -0.4 is 5.32 Å². The van der Waals surface area contributed by atoms with E-state index in [4.69, 9.17) is 9.47 Å². The van der Waals surface area contributed by atoms with Crippen LogP contribution in [0.25, 0.3) is 0 Å². The van der Waals surface area contributed by atoms with Gasteiger partial charge in [0.25, 0.3) is 5.91 Å². The van der Waals surface area contributed by atoms with Gasteiger partial charge in [0, 0.05) is 32.4 Å². The van der Waals surface area contributed by atoms with Gasteiger partial charge in [-0.15, -0.1) is 0 Å². The van der Waals surface area contributed by atoms with Gasteiger partial charge < -0.3 is 19.7 Å². The topological polar surface area (TPSA) is 67.9 Å². The number of nitrogens with one attached hydrogen (secondary N) is 1. The highest BCUT2D eigenvalue weighted by atomic mass is 19.1. The quantitative estimate of drug-likeness (QED) is 0.760. The van der Waals surface area contributed by atoms with Crippen molar-refractivity contribution in [1.82, 2.24) is 10.2 Å². The van der Waals surface area contributed by atoms with E-state index in [0.717, 1.165) is 0 Å². The Kier molecular flexibility index (Phi) is 6.69. The van der Waals surface area contributed by atoms with Gasteiger partial charge in [0.1, 0.15) is 12.4 Å². The van der Waals surface area contributed by atoms with E-state index in [0.29, 0.717) is 26.2 Å². The zero-order valence-corrected chi connectivity index (χ0v) is 14.0. The van der Waals surface area contributed by atoms with E-state index in [1.165, 1.54) is 11.0 Å². The molecule has 0 unspecified atom stereocenters. The number of carbonyl (C=O) groups is 2. The Bertz CT molecular complexity index is 581. The Morgan fingerprint density at radius 3 is 2.92 bits per heavy atom. The van der Waals surface area contributed by atoms with Crippen molar-refractivity contribution in [2.75, 3.05) is 33.4 Å². The van der Waals surface area contributed by atoms with E-state index >= 15 is 0 Å². The number of halogens is 1. The average molecular weight is 338 g/mol. The van der Waals surface area contributed by atoms with E-state index in [2.05, 4.69) is 5.32 Å². The predicted octanol–water partition coefficient (Wildman–Crippen LogP) is 1.27. The summed E-state index contributed by atoms with van der Waals surface area (Å²) >= 11 is 0. The highest BCUT2D eigenvalue weighted by Crippen LogP contribution is 2.30. The second-order valence-corrected chi connectivity index (χ2v) is 5.54. The second-order valence-electron chi connectivity index (χ2n) is 5.54. The molecule has 1 N–H and O–H groups in total. The first-order valence-electron chi connectivity index (χ1n) is 8.03. The number of likely N-dealkylation sites (N-methyl/N-ethyl adjacent to an activating group) is 1. The Balaban J connectivity index is 2.09. The van der Waals surface area contributed by atoms with E-state index in [1.807, 2.05) is 6.92 Å². The van der Waals surface area contributed by atoms with Crippen molar-refractivity contribution in [2.24, 2.45) is 0 Å². The van der Waals surface area contributed by atoms with Crippen molar-refractivity contribution in [2.45, 2.75) is 25.5 Å². The summed E-state index contributed by atoms with van der Waals surface area (Å²) in [5.41, 5.74) is 0.266. The van der Waals surface area contributed by atoms with Gasteiger partial charge in [-0.05, 0) is 19.4 Å². The number of carbonyl (C=O) groups excluding carboxylic acids is 2. The molecule has 0 bridgehead atoms. The van der Waals surface area contributed by atoms with Crippen molar-refractivity contribution in [1.29, 1.82) is 0 Å². The summed E-state index contributed by atoms with van der Waals surface area (Å²) in [5.74, 6) is -1.12. The van der Waals surface area contributed by atoms with Crippen LogP contribution in [0, 0.1) is 5.82 Å². The van der Waals surface area contributed by atoms with Gasteiger partial charge in [-0.3, -0.25) is 9.59 Å². The van der Waals surface area contributed by atoms with E-state index in [1.54, 1.807) is 25.2 Å². The first kappa shape index (κ1) is 18.4. The molecule has 1 aromatic carbocycles. The summed E-state index contributed by atoms with van der Waals surface area (Å²) in [7, 11) is 1.55. The second kappa shape index (κ2) is 8.75. The van der Waals surface area contributed by atoms with Crippen LogP contribution in [-0.2, 0) is 19.1 Å². The number of rotatable bonds is 7. The first-order valence-corrected chi connectivity index (χ1v) is 8.03. The molecule has 7 heteroatoms. The molecular weight excluding hydrogens is 315 g/mol. The third-order valence-electron chi connectivity index (χ3n) is 3.93. The standard InChI is InChI=1S/C17H23FN2O4/c1-3-23-10-6-9-19-17(22)16-15(20(2)14(21)11-24-16)12-7-4-5-8-13(12)18/h4-5,7-8,15-16H,3,6,9-11H2,1-2H3,(H,19,22)/t15-,16-/m1/s1. The lowest BCUT2D eigenvalue weighted by atomic mass is 9.97. The van der Waals surface area contributed by atoms with Crippen LogP contribution in [0.15, 0.2) is 24.3 Å². The van der Waals surface area contributed by atoms with E-state index < -0.39 is 18.0 Å². The molecule has 0 aliphatic carbocycles. The van der Waals surface area contributed by atoms with E-state index in [-0.39, 0.29) is 24.0 Å². The number of benzene rings is 1. The van der Waals surface area contributed by atoms with Crippen molar-refractivity contribution in [3.63, 3.8) is 0 Å². The largest absolute Gasteiger partial charge is 0.382 e. The van der Waals surface area contributed by atoms with Crippen molar-refractivity contribution in [3.8, 4) is 0 Å². The maximum atomic E-state index is 14.2. The minimum Gasteiger partial charge on any atom is -0.382 e. The monoisotopic (exact) mass is 338 g/mol. The molecule has 24 heavy (non-hydrogen) atoms. The zero-order chi connectivity index (χ0) is 17.5. The highest BCUT2D eigenvalue weighted by Gasteiger charge is 2.41. The molecule has 1 heterocycles. The molecule has 1 aliphatic heterocycles. The van der Waals surface area contributed by atoms with Gasteiger partial charge in [-0.1, -0.05) is 18.2 Å². The molecule has 2 atom stereocenters. The summed E-state index contributed by atoms with van der Waals surface area (Å²) in [6, 6.07) is 5.31. The molecule has 1 aromatic rings. The van der Waals surface area contributed by atoms with Crippen LogP contribution in [0.1, 0.15) is 24.9 Å². The molecule has 1 aliphatic rings. The van der Waals surface area contributed by atoms with Gasteiger partial charge >= 0.3 is 0 Å². The third kappa shape index (κ3) is 4.30. The number of ether oxygens (including phenoxy) is 2. The molecule has 0 aromatic heterocycles. The zero-order valence-electron chi connectivity index (χ0n) is 14.0. The summed E-state index contributed by atoms with van der Waals surface area (Å²) in [6.07, 6.45) is -0.275. The molecule has 0 spiro atoms. The fourth-order valence-corrected chi connectivity index (χ4v) is 2.65. The number of hydrogen-bond donors (Lipinski definition) is 1. The molecule has 132 valence electrons. The Morgan fingerprint density at radius 1 is 1.46 bits per heavy atom. The Labute approximate surface area is 140 Å². The van der Waals surface area contributed by atoms with Gasteiger partial charge in [0.05, 0.1) is 6.04 Å². The SMILES string of the molecule is CCOCCCNC(=O)[C@@H]1OCC(=O)N(C)[C@@H]1c1ccccc1F. The molecule has 0 radical (unpaired) electrons. The predicted molar refractivity (Wildman–Crippen MR) is 85.8 cm³/mol. The van der Waals surface area contributed by atoms with Gasteiger partial charge in [0.2, 0.25) is 5.91 Å². The Hall–Kier alpha value is -1.99. The molecule has 1 saturated heterocycles. The summed E-state index contributed by atoms with van der Waals surface area (Å²) in [5, 5.41) is 2.76. The molecule has 2 rings (SSSR count). The lowest BCUT2D eigenvalue weighted by Gasteiger charge is -2.38. The van der Waals surface area contributed by atoms with Gasteiger partial charge in [0.15, 0.2) is 6.10 Å².